The summed E-state index contributed by atoms with van der Waals surface area (Å²) in [6, 6.07) is 0. The molecule has 0 unspecified atom stereocenters. The highest BCUT2D eigenvalue weighted by atomic mass is 19.2. The van der Waals surface area contributed by atoms with Crippen LogP contribution in [0.4, 0.5) is 28.9 Å². The topological polar surface area (TPSA) is 78.3 Å². The second-order valence-electron chi connectivity index (χ2n) is 4.78. The number of carbonyl (C=O) groups excluding carboxylic acids is 1. The van der Waals surface area contributed by atoms with Gasteiger partial charge in [-0.3, -0.25) is 9.63 Å². The summed E-state index contributed by atoms with van der Waals surface area (Å²) in [6.45, 7) is 4.33. The minimum Gasteiger partial charge on any atom is -0.276 e. The van der Waals surface area contributed by atoms with Crippen molar-refractivity contribution in [2.24, 2.45) is 5.11 Å². The lowest BCUT2D eigenvalue weighted by atomic mass is 10.2. The average Bonchev–Trinajstić information content (AvgIpc) is 2.39. The van der Waals surface area contributed by atoms with Crippen LogP contribution in [0.2, 0.25) is 0 Å². The Balaban J connectivity index is 3.57. The summed E-state index contributed by atoms with van der Waals surface area (Å²) in [4.78, 5) is 17.8. The van der Waals surface area contributed by atoms with E-state index in [4.69, 9.17) is 10.4 Å². The molecule has 0 heterocycles. The second kappa shape index (κ2) is 5.98. The molecular formula is C11H10F4N4O2. The molecular weight excluding hydrogens is 296 g/mol. The maximum absolute atomic E-state index is 13.8. The van der Waals surface area contributed by atoms with Gasteiger partial charge in [-0.2, -0.15) is 5.06 Å². The first-order valence-corrected chi connectivity index (χ1v) is 5.48. The fourth-order valence-electron chi connectivity index (χ4n) is 1.35. The molecule has 0 aromatic heterocycles. The van der Waals surface area contributed by atoms with E-state index in [0.29, 0.717) is 0 Å². The highest BCUT2D eigenvalue weighted by Crippen LogP contribution is 2.35. The van der Waals surface area contributed by atoms with E-state index in [9.17, 15) is 22.4 Å². The van der Waals surface area contributed by atoms with Gasteiger partial charge in [-0.05, 0) is 26.3 Å². The number of halogens is 4. The molecule has 6 nitrogen and oxygen atoms in total. The first-order valence-electron chi connectivity index (χ1n) is 5.48. The largest absolute Gasteiger partial charge is 0.276 e. The van der Waals surface area contributed by atoms with Crippen molar-refractivity contribution < 1.29 is 27.2 Å². The number of rotatable bonds is 4. The van der Waals surface area contributed by atoms with Gasteiger partial charge in [0.25, 0.3) is 0 Å². The van der Waals surface area contributed by atoms with E-state index in [0.717, 1.165) is 0 Å². The van der Waals surface area contributed by atoms with Crippen LogP contribution in [-0.4, -0.2) is 12.0 Å². The van der Waals surface area contributed by atoms with Gasteiger partial charge in [0.05, 0.1) is 5.60 Å². The predicted molar refractivity (Wildman–Crippen MR) is 64.5 cm³/mol. The van der Waals surface area contributed by atoms with Crippen LogP contribution in [0.15, 0.2) is 5.11 Å². The molecule has 0 N–H and O–H groups in total. The maximum Gasteiger partial charge on any atom is 0.238 e. The minimum absolute atomic E-state index is 0.0245. The van der Waals surface area contributed by atoms with Crippen molar-refractivity contribution in [3.8, 4) is 0 Å². The molecule has 1 rings (SSSR count). The highest BCUT2D eigenvalue weighted by molar-refractivity contribution is 5.74. The molecule has 0 saturated heterocycles. The third-order valence-electron chi connectivity index (χ3n) is 2.05. The van der Waals surface area contributed by atoms with E-state index in [2.05, 4.69) is 10.0 Å². The van der Waals surface area contributed by atoms with Crippen molar-refractivity contribution in [2.45, 2.75) is 26.4 Å². The Bertz CT molecular complexity index is 595. The number of hydrogen-bond donors (Lipinski definition) is 0. The molecule has 0 atom stereocenters. The van der Waals surface area contributed by atoms with Gasteiger partial charge in [-0.15, -0.1) is 0 Å². The molecule has 0 spiro atoms. The number of carbonyl (C=O) groups is 1. The molecule has 0 aliphatic rings. The number of azide groups is 1. The van der Waals surface area contributed by atoms with Crippen molar-refractivity contribution >= 4 is 17.8 Å². The molecule has 0 saturated carbocycles. The van der Waals surface area contributed by atoms with Crippen molar-refractivity contribution in [3.05, 3.63) is 33.7 Å². The van der Waals surface area contributed by atoms with Gasteiger partial charge in [0.15, 0.2) is 23.3 Å². The smallest absolute Gasteiger partial charge is 0.238 e. The number of anilines is 1. The molecule has 114 valence electrons. The SMILES string of the molecule is CC(C)(C)ON(C=O)c1c(F)c(F)c(N=[N+]=[N-])c(F)c1F. The molecule has 1 amide bonds. The van der Waals surface area contributed by atoms with Gasteiger partial charge in [-0.25, -0.2) is 17.6 Å². The number of hydrogen-bond acceptors (Lipinski definition) is 3. The molecule has 0 aliphatic carbocycles. The zero-order valence-corrected chi connectivity index (χ0v) is 11.2. The van der Waals surface area contributed by atoms with Gasteiger partial charge >= 0.3 is 0 Å². The Morgan fingerprint density at radius 3 is 1.95 bits per heavy atom. The number of benzene rings is 1. The monoisotopic (exact) mass is 306 g/mol. The van der Waals surface area contributed by atoms with Gasteiger partial charge in [0.2, 0.25) is 6.41 Å². The van der Waals surface area contributed by atoms with E-state index in [1.54, 1.807) is 0 Å². The fraction of sp³-hybridized carbons (Fsp3) is 0.364. The van der Waals surface area contributed by atoms with Crippen molar-refractivity contribution in [2.75, 3.05) is 5.06 Å². The highest BCUT2D eigenvalue weighted by Gasteiger charge is 2.30. The molecule has 0 aliphatic heterocycles. The van der Waals surface area contributed by atoms with Crippen molar-refractivity contribution in [3.63, 3.8) is 0 Å². The van der Waals surface area contributed by atoms with Gasteiger partial charge in [0.1, 0.15) is 11.4 Å². The molecule has 0 bridgehead atoms. The van der Waals surface area contributed by atoms with Gasteiger partial charge in [0, 0.05) is 4.91 Å². The molecule has 21 heavy (non-hydrogen) atoms. The quantitative estimate of drug-likeness (QED) is 0.161. The van der Waals surface area contributed by atoms with Crippen LogP contribution in [0.3, 0.4) is 0 Å². The average molecular weight is 306 g/mol. The normalized spacial score (nSPS) is 11.0. The van der Waals surface area contributed by atoms with Gasteiger partial charge < -0.3 is 0 Å². The van der Waals surface area contributed by atoms with Crippen molar-refractivity contribution in [1.82, 2.24) is 0 Å². The summed E-state index contributed by atoms with van der Waals surface area (Å²) in [5.74, 6) is -7.72. The number of nitrogens with zero attached hydrogens (tertiary/aromatic N) is 4. The Morgan fingerprint density at radius 1 is 1.14 bits per heavy atom. The molecule has 0 fully saturated rings. The van der Waals surface area contributed by atoms with Crippen LogP contribution < -0.4 is 5.06 Å². The van der Waals surface area contributed by atoms with Crippen LogP contribution in [0.1, 0.15) is 20.8 Å². The maximum atomic E-state index is 13.8. The van der Waals surface area contributed by atoms with E-state index in [1.165, 1.54) is 20.8 Å². The summed E-state index contributed by atoms with van der Waals surface area (Å²) in [6.07, 6.45) is -0.154. The van der Waals surface area contributed by atoms with Crippen LogP contribution >= 0.6 is 0 Å². The summed E-state index contributed by atoms with van der Waals surface area (Å²) < 4.78 is 54.7. The minimum atomic E-state index is -1.94. The zero-order chi connectivity index (χ0) is 16.4. The first kappa shape index (κ1) is 16.7. The summed E-state index contributed by atoms with van der Waals surface area (Å²) >= 11 is 0. The Kier molecular flexibility index (Phi) is 4.77. The third kappa shape index (κ3) is 3.41. The van der Waals surface area contributed by atoms with Crippen molar-refractivity contribution in [1.29, 1.82) is 0 Å². The lowest BCUT2D eigenvalue weighted by Crippen LogP contribution is -2.34. The van der Waals surface area contributed by atoms with E-state index >= 15 is 0 Å². The van der Waals surface area contributed by atoms with Crippen LogP contribution in [0.5, 0.6) is 0 Å². The third-order valence-corrected chi connectivity index (χ3v) is 2.05. The number of hydroxylamine groups is 1. The van der Waals surface area contributed by atoms with E-state index in [1.807, 2.05) is 0 Å². The zero-order valence-electron chi connectivity index (χ0n) is 11.2. The standard InChI is InChI=1S/C11H10F4N4O2/c1-11(2,3)21-19(4-20)10-7(14)5(12)9(17-18-16)6(13)8(10)15/h4H,1-3H3. The first-order chi connectivity index (χ1) is 9.64. The van der Waals surface area contributed by atoms with E-state index < -0.39 is 40.2 Å². The summed E-state index contributed by atoms with van der Waals surface area (Å²) in [5.41, 5.74) is 4.19. The lowest BCUT2D eigenvalue weighted by Gasteiger charge is -2.27. The molecule has 0 radical (unpaired) electrons. The molecule has 10 heteroatoms. The van der Waals surface area contributed by atoms with E-state index in [-0.39, 0.29) is 11.5 Å². The Hall–Kier alpha value is -2.32. The second-order valence-corrected chi connectivity index (χ2v) is 4.78. The Labute approximate surface area is 116 Å². The van der Waals surface area contributed by atoms with Crippen LogP contribution in [0.25, 0.3) is 10.4 Å². The lowest BCUT2D eigenvalue weighted by molar-refractivity contribution is -0.120. The summed E-state index contributed by atoms with van der Waals surface area (Å²) in [5, 5.41) is 2.56. The predicted octanol–water partition coefficient (Wildman–Crippen LogP) is 3.88. The van der Waals surface area contributed by atoms with Crippen LogP contribution in [-0.2, 0) is 9.63 Å². The summed E-state index contributed by atoms with van der Waals surface area (Å²) in [7, 11) is 0. The number of amides is 1. The fourth-order valence-corrected chi connectivity index (χ4v) is 1.35. The van der Waals surface area contributed by atoms with Gasteiger partial charge in [-0.1, -0.05) is 5.11 Å². The Morgan fingerprint density at radius 2 is 1.62 bits per heavy atom. The van der Waals surface area contributed by atoms with Crippen LogP contribution in [0, 0.1) is 23.3 Å². The molecule has 1 aromatic rings. The molecule has 1 aromatic carbocycles.